The zero-order valence-corrected chi connectivity index (χ0v) is 10.0. The smallest absolute Gasteiger partial charge is 0.195 e. The van der Waals surface area contributed by atoms with Crippen molar-refractivity contribution in [3.8, 4) is 11.3 Å². The second-order valence-corrected chi connectivity index (χ2v) is 5.23. The number of rotatable bonds is 2. The summed E-state index contributed by atoms with van der Waals surface area (Å²) in [5.74, 6) is 0.811. The van der Waals surface area contributed by atoms with E-state index in [1.165, 1.54) is 0 Å². The van der Waals surface area contributed by atoms with Gasteiger partial charge in [0.2, 0.25) is 0 Å². The van der Waals surface area contributed by atoms with Crippen LogP contribution >= 0.6 is 0 Å². The first kappa shape index (κ1) is 10.9. The molecule has 0 aliphatic heterocycles. The third-order valence-electron chi connectivity index (χ3n) is 2.30. The van der Waals surface area contributed by atoms with Crippen LogP contribution in [0.4, 0.5) is 0 Å². The summed E-state index contributed by atoms with van der Waals surface area (Å²) in [7, 11) is 0. The maximum atomic E-state index is 5.48. The Hall–Kier alpha value is -1.57. The van der Waals surface area contributed by atoms with Crippen LogP contribution in [-0.2, 0) is 6.42 Å². The largest absolute Gasteiger partial charge is 0.448 e. The molecule has 0 fully saturated rings. The van der Waals surface area contributed by atoms with Crippen molar-refractivity contribution in [2.45, 2.75) is 27.2 Å². The van der Waals surface area contributed by atoms with E-state index in [-0.39, 0.29) is 5.41 Å². The predicted octanol–water partition coefficient (Wildman–Crippen LogP) is 3.93. The first-order chi connectivity index (χ1) is 7.54. The van der Waals surface area contributed by atoms with Gasteiger partial charge in [-0.1, -0.05) is 51.1 Å². The Morgan fingerprint density at radius 2 is 1.81 bits per heavy atom. The van der Waals surface area contributed by atoms with Crippen LogP contribution in [0.15, 0.2) is 41.0 Å². The molecule has 16 heavy (non-hydrogen) atoms. The van der Waals surface area contributed by atoms with Crippen LogP contribution in [0.1, 0.15) is 26.7 Å². The highest BCUT2D eigenvalue weighted by molar-refractivity contribution is 5.57. The molecule has 1 aromatic heterocycles. The van der Waals surface area contributed by atoms with Gasteiger partial charge < -0.3 is 4.42 Å². The molecule has 1 heterocycles. The number of hydrogen-bond acceptors (Lipinski definition) is 2. The topological polar surface area (TPSA) is 26.0 Å². The van der Waals surface area contributed by atoms with E-state index >= 15 is 0 Å². The average molecular weight is 215 g/mol. The van der Waals surface area contributed by atoms with Gasteiger partial charge in [0.1, 0.15) is 12.0 Å². The van der Waals surface area contributed by atoms with Gasteiger partial charge in [0.15, 0.2) is 5.89 Å². The van der Waals surface area contributed by atoms with Crippen molar-refractivity contribution in [3.63, 3.8) is 0 Å². The zero-order valence-electron chi connectivity index (χ0n) is 10.0. The van der Waals surface area contributed by atoms with E-state index in [1.54, 1.807) is 6.26 Å². The monoisotopic (exact) mass is 215 g/mol. The minimum absolute atomic E-state index is 0.207. The maximum Gasteiger partial charge on any atom is 0.195 e. The lowest BCUT2D eigenvalue weighted by atomic mass is 9.92. The van der Waals surface area contributed by atoms with Crippen LogP contribution < -0.4 is 0 Å². The number of aromatic nitrogens is 1. The molecule has 0 spiro atoms. The van der Waals surface area contributed by atoms with Crippen LogP contribution in [0.2, 0.25) is 0 Å². The van der Waals surface area contributed by atoms with E-state index < -0.39 is 0 Å². The molecule has 2 aromatic rings. The van der Waals surface area contributed by atoms with Crippen LogP contribution in [0, 0.1) is 5.41 Å². The van der Waals surface area contributed by atoms with E-state index in [0.29, 0.717) is 0 Å². The quantitative estimate of drug-likeness (QED) is 0.758. The summed E-state index contributed by atoms with van der Waals surface area (Å²) in [5.41, 5.74) is 2.23. The fourth-order valence-corrected chi connectivity index (χ4v) is 1.59. The van der Waals surface area contributed by atoms with Crippen molar-refractivity contribution in [1.29, 1.82) is 0 Å². The molecular formula is C14H17NO. The zero-order chi connectivity index (χ0) is 11.6. The molecule has 0 aliphatic carbocycles. The summed E-state index contributed by atoms with van der Waals surface area (Å²) in [6.45, 7) is 6.54. The molecule has 0 N–H and O–H groups in total. The van der Waals surface area contributed by atoms with E-state index in [1.807, 2.05) is 30.3 Å². The van der Waals surface area contributed by atoms with Gasteiger partial charge in [-0.2, -0.15) is 0 Å². The van der Waals surface area contributed by atoms with Crippen LogP contribution in [0.25, 0.3) is 11.3 Å². The van der Waals surface area contributed by atoms with Gasteiger partial charge >= 0.3 is 0 Å². The van der Waals surface area contributed by atoms with Crippen molar-refractivity contribution >= 4 is 0 Å². The van der Waals surface area contributed by atoms with Crippen molar-refractivity contribution in [3.05, 3.63) is 42.5 Å². The molecule has 0 amide bonds. The molecule has 0 radical (unpaired) electrons. The third kappa shape index (κ3) is 2.72. The van der Waals surface area contributed by atoms with E-state index in [0.717, 1.165) is 23.6 Å². The molecular weight excluding hydrogens is 198 g/mol. The SMILES string of the molecule is CC(C)(C)Cc1nc(-c2ccccc2)co1. The number of oxazole rings is 1. The van der Waals surface area contributed by atoms with Gasteiger partial charge in [-0.3, -0.25) is 0 Å². The Morgan fingerprint density at radius 3 is 2.44 bits per heavy atom. The second-order valence-electron chi connectivity index (χ2n) is 5.23. The third-order valence-corrected chi connectivity index (χ3v) is 2.30. The standard InChI is InChI=1S/C14H17NO/c1-14(2,3)9-13-15-12(10-16-13)11-7-5-4-6-8-11/h4-8,10H,9H2,1-3H3. The Labute approximate surface area is 96.3 Å². The van der Waals surface area contributed by atoms with Gasteiger partial charge in [0, 0.05) is 12.0 Å². The van der Waals surface area contributed by atoms with Crippen molar-refractivity contribution in [2.24, 2.45) is 5.41 Å². The highest BCUT2D eigenvalue weighted by atomic mass is 16.3. The first-order valence-electron chi connectivity index (χ1n) is 5.54. The minimum atomic E-state index is 0.207. The number of benzene rings is 1. The van der Waals surface area contributed by atoms with Crippen LogP contribution in [0.3, 0.4) is 0 Å². The Balaban J connectivity index is 2.21. The second kappa shape index (κ2) is 4.12. The lowest BCUT2D eigenvalue weighted by Crippen LogP contribution is -2.09. The summed E-state index contributed by atoms with van der Waals surface area (Å²) in [4.78, 5) is 4.50. The molecule has 84 valence electrons. The lowest BCUT2D eigenvalue weighted by molar-refractivity contribution is 0.354. The number of nitrogens with zero attached hydrogens (tertiary/aromatic N) is 1. The Morgan fingerprint density at radius 1 is 1.12 bits per heavy atom. The summed E-state index contributed by atoms with van der Waals surface area (Å²) in [5, 5.41) is 0. The Kier molecular flexibility index (Phi) is 2.82. The molecule has 2 nitrogen and oxygen atoms in total. The Bertz CT molecular complexity index is 451. The fourth-order valence-electron chi connectivity index (χ4n) is 1.59. The highest BCUT2D eigenvalue weighted by Crippen LogP contribution is 2.23. The maximum absolute atomic E-state index is 5.48. The van der Waals surface area contributed by atoms with E-state index in [9.17, 15) is 0 Å². The lowest BCUT2D eigenvalue weighted by Gasteiger charge is -2.14. The summed E-state index contributed by atoms with van der Waals surface area (Å²) in [6, 6.07) is 10.1. The summed E-state index contributed by atoms with van der Waals surface area (Å²) < 4.78 is 5.48. The van der Waals surface area contributed by atoms with Crippen molar-refractivity contribution in [1.82, 2.24) is 4.98 Å². The van der Waals surface area contributed by atoms with Crippen LogP contribution in [0.5, 0.6) is 0 Å². The normalized spacial score (nSPS) is 11.7. The average Bonchev–Trinajstić information content (AvgIpc) is 2.65. The fraction of sp³-hybridized carbons (Fsp3) is 0.357. The number of hydrogen-bond donors (Lipinski definition) is 0. The predicted molar refractivity (Wildman–Crippen MR) is 65.1 cm³/mol. The molecule has 0 bridgehead atoms. The molecule has 0 aliphatic rings. The highest BCUT2D eigenvalue weighted by Gasteiger charge is 2.15. The molecule has 0 atom stereocenters. The molecule has 0 saturated carbocycles. The van der Waals surface area contributed by atoms with E-state index in [4.69, 9.17) is 4.42 Å². The molecule has 0 saturated heterocycles. The van der Waals surface area contributed by atoms with Crippen molar-refractivity contribution < 1.29 is 4.42 Å². The molecule has 2 rings (SSSR count). The van der Waals surface area contributed by atoms with Gasteiger partial charge in [0.25, 0.3) is 0 Å². The van der Waals surface area contributed by atoms with Gasteiger partial charge in [0.05, 0.1) is 0 Å². The minimum Gasteiger partial charge on any atom is -0.448 e. The van der Waals surface area contributed by atoms with Gasteiger partial charge in [-0.15, -0.1) is 0 Å². The summed E-state index contributed by atoms with van der Waals surface area (Å²) >= 11 is 0. The molecule has 0 unspecified atom stereocenters. The van der Waals surface area contributed by atoms with Gasteiger partial charge in [-0.05, 0) is 5.41 Å². The summed E-state index contributed by atoms with van der Waals surface area (Å²) in [6.07, 6.45) is 2.59. The first-order valence-corrected chi connectivity index (χ1v) is 5.54. The van der Waals surface area contributed by atoms with Crippen LogP contribution in [-0.4, -0.2) is 4.98 Å². The van der Waals surface area contributed by atoms with E-state index in [2.05, 4.69) is 25.8 Å². The molecule has 2 heteroatoms. The van der Waals surface area contributed by atoms with Crippen molar-refractivity contribution in [2.75, 3.05) is 0 Å². The van der Waals surface area contributed by atoms with Gasteiger partial charge in [-0.25, -0.2) is 4.98 Å². The molecule has 1 aromatic carbocycles.